The van der Waals surface area contributed by atoms with Gasteiger partial charge in [0.1, 0.15) is 0 Å². The van der Waals surface area contributed by atoms with Gasteiger partial charge >= 0.3 is 0 Å². The van der Waals surface area contributed by atoms with Gasteiger partial charge in [-0.25, -0.2) is 0 Å². The van der Waals surface area contributed by atoms with Gasteiger partial charge in [0.05, 0.1) is 5.60 Å². The molecule has 1 fully saturated rings. The highest BCUT2D eigenvalue weighted by atomic mass is 32.2. The lowest BCUT2D eigenvalue weighted by Crippen LogP contribution is -2.15. The van der Waals surface area contributed by atoms with E-state index >= 15 is 0 Å². The maximum Gasteiger partial charge on any atom is 0.209 e. The van der Waals surface area contributed by atoms with E-state index < -0.39 is 0 Å². The lowest BCUT2D eigenvalue weighted by atomic mass is 10.2. The molecule has 0 bridgehead atoms. The molecule has 1 aromatic carbocycles. The average molecular weight is 428 g/mol. The fourth-order valence-electron chi connectivity index (χ4n) is 1.72. The molecule has 0 aromatic heterocycles. The summed E-state index contributed by atoms with van der Waals surface area (Å²) in [6, 6.07) is 10.0. The topological polar surface area (TPSA) is 81.6 Å². The maximum atomic E-state index is 9.93. The number of carbonyl (C=O) groups excluding carboxylic acids is 1. The highest BCUT2D eigenvalue weighted by Gasteiger charge is 2.06. The number of methoxy groups -OCH3 is 1. The monoisotopic (exact) mass is 427 g/mol. The maximum absolute atomic E-state index is 9.93. The number of carbonyl (C=O) groups is 1. The quantitative estimate of drug-likeness (QED) is 0.663. The molecule has 4 N–H and O–H groups in total. The second-order valence-corrected chi connectivity index (χ2v) is 7.71. The molecule has 1 aromatic rings. The van der Waals surface area contributed by atoms with Gasteiger partial charge in [-0.15, -0.1) is 11.8 Å². The van der Waals surface area contributed by atoms with Crippen LogP contribution in [0.25, 0.3) is 5.70 Å². The highest BCUT2D eigenvalue weighted by Crippen LogP contribution is 2.12. The van der Waals surface area contributed by atoms with Crippen molar-refractivity contribution in [3.8, 4) is 0 Å². The van der Waals surface area contributed by atoms with Crippen LogP contribution in [0.15, 0.2) is 35.7 Å². The van der Waals surface area contributed by atoms with Crippen LogP contribution in [-0.2, 0) is 9.53 Å². The first-order valence-electron chi connectivity index (χ1n) is 10.3. The van der Waals surface area contributed by atoms with Gasteiger partial charge < -0.3 is 21.1 Å². The molecule has 0 radical (unpaired) electrons. The third-order valence-corrected chi connectivity index (χ3v) is 4.14. The summed E-state index contributed by atoms with van der Waals surface area (Å²) in [5.41, 5.74) is 12.3. The molecular formula is C23H45N3O2S. The van der Waals surface area contributed by atoms with Crippen molar-refractivity contribution in [3.63, 3.8) is 0 Å². The minimum absolute atomic E-state index is 0.0417. The molecule has 6 heteroatoms. The summed E-state index contributed by atoms with van der Waals surface area (Å²) in [7, 11) is 3.21. The van der Waals surface area contributed by atoms with Crippen LogP contribution in [-0.4, -0.2) is 49.9 Å². The highest BCUT2D eigenvalue weighted by molar-refractivity contribution is 8.02. The molecular weight excluding hydrogens is 382 g/mol. The molecule has 2 rings (SSSR count). The standard InChI is InChI=1S/C10H13NS.C5H9NO.C5H12O.C2H6.CH5N/c1-2-12-8-10(11)9-6-4-3-5-7-9;7-5-6-3-1-2-4-6;1-5(2,3)6-4;2*1-2/h3-8H,2,11H2,1H3;5H,1-4H2;1-4H3;1-2H3;2H2,1H3/b10-8-;;;;. The second kappa shape index (κ2) is 22.8. The second-order valence-electron chi connectivity index (χ2n) is 6.56. The molecule has 1 aliphatic rings. The number of ether oxygens (including phenoxy) is 1. The largest absolute Gasteiger partial charge is 0.398 e. The van der Waals surface area contributed by atoms with Gasteiger partial charge in [-0.1, -0.05) is 51.1 Å². The summed E-state index contributed by atoms with van der Waals surface area (Å²) in [5.74, 6) is 1.06. The number of thioether (sulfide) groups is 1. The fraction of sp³-hybridized carbons (Fsp3) is 0.609. The fourth-order valence-corrected chi connectivity index (χ4v) is 2.20. The molecule has 0 unspecified atom stereocenters. The third kappa shape index (κ3) is 22.7. The van der Waals surface area contributed by atoms with Crippen molar-refractivity contribution in [2.24, 2.45) is 11.5 Å². The Kier molecular flexibility index (Phi) is 25.3. The van der Waals surface area contributed by atoms with E-state index in [1.807, 2.05) is 70.4 Å². The Bertz CT molecular complexity index is 483. The lowest BCUT2D eigenvalue weighted by molar-refractivity contribution is -0.117. The third-order valence-electron chi connectivity index (χ3n) is 3.39. The van der Waals surface area contributed by atoms with E-state index in [2.05, 4.69) is 12.7 Å². The van der Waals surface area contributed by atoms with Crippen molar-refractivity contribution in [1.29, 1.82) is 0 Å². The molecule has 0 aliphatic carbocycles. The summed E-state index contributed by atoms with van der Waals surface area (Å²) in [6.45, 7) is 14.1. The molecule has 29 heavy (non-hydrogen) atoms. The molecule has 0 saturated carbocycles. The van der Waals surface area contributed by atoms with E-state index in [9.17, 15) is 4.79 Å². The summed E-state index contributed by atoms with van der Waals surface area (Å²) in [5, 5.41) is 2.00. The first-order chi connectivity index (χ1) is 13.8. The number of nitrogens with two attached hydrogens (primary N) is 2. The number of hydrogen-bond donors (Lipinski definition) is 2. The normalized spacial score (nSPS) is 12.6. The number of amides is 1. The van der Waals surface area contributed by atoms with Gasteiger partial charge in [0.2, 0.25) is 6.41 Å². The smallest absolute Gasteiger partial charge is 0.209 e. The number of hydrogen-bond acceptors (Lipinski definition) is 5. The molecule has 0 spiro atoms. The van der Waals surface area contributed by atoms with Gasteiger partial charge in [0.15, 0.2) is 0 Å². The van der Waals surface area contributed by atoms with Crippen LogP contribution in [0, 0.1) is 0 Å². The van der Waals surface area contributed by atoms with Gasteiger partial charge in [-0.2, -0.15) is 0 Å². The van der Waals surface area contributed by atoms with Gasteiger partial charge in [-0.3, -0.25) is 4.79 Å². The minimum Gasteiger partial charge on any atom is -0.398 e. The Labute approximate surface area is 184 Å². The van der Waals surface area contributed by atoms with Crippen molar-refractivity contribution in [3.05, 3.63) is 41.3 Å². The van der Waals surface area contributed by atoms with Crippen LogP contribution in [0.1, 0.15) is 59.9 Å². The van der Waals surface area contributed by atoms with Crippen molar-refractivity contribution in [2.45, 2.75) is 60.0 Å². The van der Waals surface area contributed by atoms with Crippen LogP contribution in [0.4, 0.5) is 0 Å². The summed E-state index contributed by atoms with van der Waals surface area (Å²) >= 11 is 1.72. The lowest BCUT2D eigenvalue weighted by Gasteiger charge is -2.14. The van der Waals surface area contributed by atoms with E-state index in [1.54, 1.807) is 23.8 Å². The zero-order valence-corrected chi connectivity index (χ0v) is 20.7. The van der Waals surface area contributed by atoms with Crippen molar-refractivity contribution in [1.82, 2.24) is 4.90 Å². The Hall–Kier alpha value is -1.50. The number of benzene rings is 1. The predicted molar refractivity (Wildman–Crippen MR) is 132 cm³/mol. The van der Waals surface area contributed by atoms with Crippen LogP contribution in [0.3, 0.4) is 0 Å². The van der Waals surface area contributed by atoms with Crippen molar-refractivity contribution < 1.29 is 9.53 Å². The molecule has 0 atom stereocenters. The Morgan fingerprint density at radius 3 is 1.90 bits per heavy atom. The Morgan fingerprint density at radius 1 is 1.14 bits per heavy atom. The van der Waals surface area contributed by atoms with Crippen LogP contribution in [0.5, 0.6) is 0 Å². The van der Waals surface area contributed by atoms with Gasteiger partial charge in [0.25, 0.3) is 0 Å². The number of likely N-dealkylation sites (tertiary alicyclic amines) is 1. The van der Waals surface area contributed by atoms with E-state index in [1.165, 1.54) is 19.9 Å². The average Bonchev–Trinajstić information content (AvgIpc) is 3.30. The first kappa shape index (κ1) is 32.2. The van der Waals surface area contributed by atoms with E-state index in [0.717, 1.165) is 36.5 Å². The zero-order chi connectivity index (χ0) is 23.1. The summed E-state index contributed by atoms with van der Waals surface area (Å²) in [6.07, 6.45) is 3.31. The molecule has 5 nitrogen and oxygen atoms in total. The number of nitrogens with zero attached hydrogens (tertiary/aromatic N) is 1. The van der Waals surface area contributed by atoms with Crippen molar-refractivity contribution in [2.75, 3.05) is 33.0 Å². The Morgan fingerprint density at radius 2 is 1.59 bits per heavy atom. The minimum atomic E-state index is 0.0417. The van der Waals surface area contributed by atoms with Crippen molar-refractivity contribution >= 4 is 23.9 Å². The first-order valence-corrected chi connectivity index (χ1v) is 11.3. The van der Waals surface area contributed by atoms with E-state index in [4.69, 9.17) is 10.5 Å². The van der Waals surface area contributed by atoms with E-state index in [0.29, 0.717) is 0 Å². The van der Waals surface area contributed by atoms with E-state index in [-0.39, 0.29) is 5.60 Å². The van der Waals surface area contributed by atoms with Crippen LogP contribution in [0.2, 0.25) is 0 Å². The molecule has 1 heterocycles. The van der Waals surface area contributed by atoms with Gasteiger partial charge in [-0.05, 0) is 57.4 Å². The zero-order valence-electron chi connectivity index (χ0n) is 19.9. The van der Waals surface area contributed by atoms with Crippen LogP contribution < -0.4 is 11.5 Å². The Balaban J connectivity index is -0.000000342. The molecule has 170 valence electrons. The molecule has 1 aliphatic heterocycles. The van der Waals surface area contributed by atoms with Gasteiger partial charge in [0, 0.05) is 25.9 Å². The SMILES string of the molecule is CC.CCS/C=C(\N)c1ccccc1.CN.COC(C)(C)C.O=CN1CCCC1. The molecule has 1 saturated heterocycles. The van der Waals surface area contributed by atoms with Crippen LogP contribution >= 0.6 is 11.8 Å². The summed E-state index contributed by atoms with van der Waals surface area (Å²) in [4.78, 5) is 11.7. The number of rotatable bonds is 4. The molecule has 1 amide bonds. The predicted octanol–water partition coefficient (Wildman–Crippen LogP) is 4.97. The summed E-state index contributed by atoms with van der Waals surface area (Å²) < 4.78 is 4.94.